The van der Waals surface area contributed by atoms with Crippen LogP contribution in [-0.4, -0.2) is 41.5 Å². The SMILES string of the molecule is O=C(Nc1cnn(Cc2cccc3ccccc23)c1)c1cc(S(=O)(=O)N2CCCCC2)c(Cl)cc1Cl. The van der Waals surface area contributed by atoms with Gasteiger partial charge in [-0.2, -0.15) is 9.40 Å². The summed E-state index contributed by atoms with van der Waals surface area (Å²) in [6.45, 7) is 1.38. The molecule has 1 aliphatic rings. The number of anilines is 1. The summed E-state index contributed by atoms with van der Waals surface area (Å²) >= 11 is 12.5. The van der Waals surface area contributed by atoms with Crippen LogP contribution >= 0.6 is 23.2 Å². The summed E-state index contributed by atoms with van der Waals surface area (Å²) in [6.07, 6.45) is 5.83. The smallest absolute Gasteiger partial charge is 0.257 e. The van der Waals surface area contributed by atoms with Crippen LogP contribution in [0.5, 0.6) is 0 Å². The minimum atomic E-state index is -3.84. The molecule has 1 aromatic heterocycles. The van der Waals surface area contributed by atoms with Gasteiger partial charge in [0.1, 0.15) is 4.90 Å². The van der Waals surface area contributed by atoms with Crippen molar-refractivity contribution in [3.63, 3.8) is 0 Å². The van der Waals surface area contributed by atoms with Crippen molar-refractivity contribution in [2.45, 2.75) is 30.7 Å². The van der Waals surface area contributed by atoms with Crippen molar-refractivity contribution < 1.29 is 13.2 Å². The molecule has 1 saturated heterocycles. The molecular formula is C26H24Cl2N4O3S. The highest BCUT2D eigenvalue weighted by molar-refractivity contribution is 7.89. The molecule has 3 aromatic carbocycles. The maximum atomic E-state index is 13.2. The van der Waals surface area contributed by atoms with Crippen LogP contribution in [0.3, 0.4) is 0 Å². The zero-order chi connectivity index (χ0) is 25.3. The minimum Gasteiger partial charge on any atom is -0.319 e. The first kappa shape index (κ1) is 24.8. The summed E-state index contributed by atoms with van der Waals surface area (Å²) in [5.74, 6) is -0.545. The van der Waals surface area contributed by atoms with Crippen molar-refractivity contribution in [2.75, 3.05) is 18.4 Å². The standard InChI is InChI=1S/C26H24Cl2N4O3S/c27-23-14-24(28)25(36(34,35)32-11-4-1-5-12-32)13-22(23)26(33)30-20-15-29-31(17-20)16-19-9-6-8-18-7-2-3-10-21(18)19/h2-3,6-10,13-15,17H,1,4-5,11-12,16H2,(H,30,33). The molecule has 0 spiro atoms. The fourth-order valence-electron chi connectivity index (χ4n) is 4.46. The summed E-state index contributed by atoms with van der Waals surface area (Å²) in [6, 6.07) is 16.8. The van der Waals surface area contributed by atoms with Gasteiger partial charge in [0.15, 0.2) is 0 Å². The molecule has 4 aromatic rings. The van der Waals surface area contributed by atoms with Crippen LogP contribution in [0, 0.1) is 0 Å². The largest absolute Gasteiger partial charge is 0.319 e. The van der Waals surface area contributed by atoms with Gasteiger partial charge >= 0.3 is 0 Å². The number of hydrogen-bond acceptors (Lipinski definition) is 4. The summed E-state index contributed by atoms with van der Waals surface area (Å²) in [7, 11) is -3.84. The van der Waals surface area contributed by atoms with Crippen molar-refractivity contribution in [3.8, 4) is 0 Å². The van der Waals surface area contributed by atoms with Crippen LogP contribution in [0.4, 0.5) is 5.69 Å². The number of nitrogens with zero attached hydrogens (tertiary/aromatic N) is 3. The maximum Gasteiger partial charge on any atom is 0.257 e. The lowest BCUT2D eigenvalue weighted by Crippen LogP contribution is -2.35. The number of piperidine rings is 1. The number of amides is 1. The Labute approximate surface area is 219 Å². The fraction of sp³-hybridized carbons (Fsp3) is 0.231. The van der Waals surface area contributed by atoms with Crippen LogP contribution in [0.15, 0.2) is 71.9 Å². The van der Waals surface area contributed by atoms with E-state index >= 15 is 0 Å². The summed E-state index contributed by atoms with van der Waals surface area (Å²) < 4.78 is 29.5. The van der Waals surface area contributed by atoms with Crippen molar-refractivity contribution in [2.24, 2.45) is 0 Å². The third kappa shape index (κ3) is 4.99. The van der Waals surface area contributed by atoms with E-state index in [0.29, 0.717) is 25.3 Å². The Morgan fingerprint density at radius 1 is 0.972 bits per heavy atom. The number of aromatic nitrogens is 2. The average Bonchev–Trinajstić information content (AvgIpc) is 3.31. The number of hydrogen-bond donors (Lipinski definition) is 1. The highest BCUT2D eigenvalue weighted by Crippen LogP contribution is 2.32. The fourth-order valence-corrected chi connectivity index (χ4v) is 6.81. The third-order valence-corrected chi connectivity index (χ3v) is 8.98. The van der Waals surface area contributed by atoms with E-state index in [2.05, 4.69) is 28.6 Å². The molecule has 186 valence electrons. The molecular weight excluding hydrogens is 519 g/mol. The number of carbonyl (C=O) groups is 1. The molecule has 0 saturated carbocycles. The van der Waals surface area contributed by atoms with E-state index in [1.165, 1.54) is 22.6 Å². The quantitative estimate of drug-likeness (QED) is 0.332. The topological polar surface area (TPSA) is 84.3 Å². The van der Waals surface area contributed by atoms with E-state index in [1.807, 2.05) is 24.3 Å². The van der Waals surface area contributed by atoms with Gasteiger partial charge in [-0.1, -0.05) is 72.1 Å². The number of fused-ring (bicyclic) bond motifs is 1. The van der Waals surface area contributed by atoms with Crippen molar-refractivity contribution in [3.05, 3.63) is 88.2 Å². The van der Waals surface area contributed by atoms with E-state index in [-0.39, 0.29) is 20.5 Å². The van der Waals surface area contributed by atoms with Crippen LogP contribution in [0.1, 0.15) is 35.2 Å². The normalized spacial score (nSPS) is 14.7. The molecule has 0 radical (unpaired) electrons. The molecule has 5 rings (SSSR count). The summed E-state index contributed by atoms with van der Waals surface area (Å²) in [5, 5.41) is 9.46. The van der Waals surface area contributed by atoms with Gasteiger partial charge in [-0.05, 0) is 41.3 Å². The van der Waals surface area contributed by atoms with Gasteiger partial charge in [-0.3, -0.25) is 9.48 Å². The number of carbonyl (C=O) groups excluding carboxylic acids is 1. The molecule has 7 nitrogen and oxygen atoms in total. The lowest BCUT2D eigenvalue weighted by Gasteiger charge is -2.26. The molecule has 0 bridgehead atoms. The van der Waals surface area contributed by atoms with Crippen LogP contribution in [0.25, 0.3) is 10.8 Å². The molecule has 1 amide bonds. The van der Waals surface area contributed by atoms with Gasteiger partial charge < -0.3 is 5.32 Å². The van der Waals surface area contributed by atoms with Crippen molar-refractivity contribution in [1.29, 1.82) is 0 Å². The van der Waals surface area contributed by atoms with Crippen molar-refractivity contribution in [1.82, 2.24) is 14.1 Å². The first-order chi connectivity index (χ1) is 17.3. The van der Waals surface area contributed by atoms with Crippen LogP contribution in [0.2, 0.25) is 10.0 Å². The Kier molecular flexibility index (Phi) is 7.03. The highest BCUT2D eigenvalue weighted by Gasteiger charge is 2.30. The molecule has 36 heavy (non-hydrogen) atoms. The second kappa shape index (κ2) is 10.2. The second-order valence-corrected chi connectivity index (χ2v) is 11.5. The van der Waals surface area contributed by atoms with Gasteiger partial charge in [0, 0.05) is 19.3 Å². The number of benzene rings is 3. The molecule has 0 unspecified atom stereocenters. The summed E-state index contributed by atoms with van der Waals surface area (Å²) in [4.78, 5) is 12.9. The third-order valence-electron chi connectivity index (χ3n) is 6.30. The Hall–Kier alpha value is -2.91. The van der Waals surface area contributed by atoms with Crippen LogP contribution in [-0.2, 0) is 16.6 Å². The van der Waals surface area contributed by atoms with E-state index in [0.717, 1.165) is 35.6 Å². The second-order valence-electron chi connectivity index (χ2n) is 8.75. The zero-order valence-electron chi connectivity index (χ0n) is 19.3. The zero-order valence-corrected chi connectivity index (χ0v) is 21.7. The highest BCUT2D eigenvalue weighted by atomic mass is 35.5. The molecule has 10 heteroatoms. The molecule has 2 heterocycles. The van der Waals surface area contributed by atoms with Gasteiger partial charge in [-0.15, -0.1) is 0 Å². The Bertz CT molecular complexity index is 1540. The molecule has 1 N–H and O–H groups in total. The predicted molar refractivity (Wildman–Crippen MR) is 142 cm³/mol. The Morgan fingerprint density at radius 3 is 2.53 bits per heavy atom. The van der Waals surface area contributed by atoms with Gasteiger partial charge in [0.25, 0.3) is 5.91 Å². The lowest BCUT2D eigenvalue weighted by atomic mass is 10.0. The molecule has 1 aliphatic heterocycles. The lowest BCUT2D eigenvalue weighted by molar-refractivity contribution is 0.102. The monoisotopic (exact) mass is 542 g/mol. The number of sulfonamides is 1. The number of halogens is 2. The number of nitrogens with one attached hydrogen (secondary N) is 1. The Balaban J connectivity index is 1.36. The first-order valence-corrected chi connectivity index (χ1v) is 13.8. The van der Waals surface area contributed by atoms with Gasteiger partial charge in [0.2, 0.25) is 10.0 Å². The van der Waals surface area contributed by atoms with Crippen LogP contribution < -0.4 is 5.32 Å². The molecule has 0 atom stereocenters. The Morgan fingerprint density at radius 2 is 1.72 bits per heavy atom. The van der Waals surface area contributed by atoms with Gasteiger partial charge in [-0.25, -0.2) is 8.42 Å². The summed E-state index contributed by atoms with van der Waals surface area (Å²) in [5.41, 5.74) is 1.59. The van der Waals surface area contributed by atoms with Gasteiger partial charge in [0.05, 0.1) is 34.0 Å². The van der Waals surface area contributed by atoms with E-state index in [9.17, 15) is 13.2 Å². The maximum absolute atomic E-state index is 13.2. The number of rotatable bonds is 6. The predicted octanol–water partition coefficient (Wildman–Crippen LogP) is 5.82. The van der Waals surface area contributed by atoms with E-state index < -0.39 is 15.9 Å². The minimum absolute atomic E-state index is 0.00923. The molecule has 1 fully saturated rings. The average molecular weight is 543 g/mol. The van der Waals surface area contributed by atoms with E-state index in [4.69, 9.17) is 23.2 Å². The van der Waals surface area contributed by atoms with Crippen molar-refractivity contribution >= 4 is 55.6 Å². The van der Waals surface area contributed by atoms with E-state index in [1.54, 1.807) is 10.9 Å². The first-order valence-electron chi connectivity index (χ1n) is 11.6. The molecule has 0 aliphatic carbocycles.